The van der Waals surface area contributed by atoms with Gasteiger partial charge in [0.2, 0.25) is 5.78 Å². The van der Waals surface area contributed by atoms with Crippen molar-refractivity contribution in [1.29, 1.82) is 0 Å². The van der Waals surface area contributed by atoms with Gasteiger partial charge in [-0.15, -0.1) is 12.4 Å². The highest BCUT2D eigenvalue weighted by Crippen LogP contribution is 2.56. The summed E-state index contributed by atoms with van der Waals surface area (Å²) in [6, 6.07) is 1.25. The Labute approximate surface area is 199 Å². The topological polar surface area (TPSA) is 182 Å². The molecule has 1 aromatic carbocycles. The zero-order valence-electron chi connectivity index (χ0n) is 17.4. The molecule has 1 saturated carbocycles. The van der Waals surface area contributed by atoms with Gasteiger partial charge in [0.05, 0.1) is 17.7 Å². The standard InChI is InChI=1S/C21H21ClN2O8.ClH/c1-24(2)14-7-5-6-10(16(27)12-9(25)4-3-8(22)11(12)15(6)26)18(29)21(7,32)19(30)13(17(14)28)20(23)31;/h3-4,6-7,14-15,25-27,30,32H,5H2,1-2H3,(H2,23,31);1H/t6?,7?,14?,15-,21?;/m1./s1. The Kier molecular flexibility index (Phi) is 6.06. The van der Waals surface area contributed by atoms with Crippen molar-refractivity contribution in [2.45, 2.75) is 24.2 Å². The Balaban J connectivity index is 0.00000306. The van der Waals surface area contributed by atoms with E-state index in [9.17, 15) is 39.9 Å². The number of amides is 1. The van der Waals surface area contributed by atoms with E-state index in [-0.39, 0.29) is 35.0 Å². The minimum absolute atomic E-state index is 0. The molecule has 178 valence electrons. The number of ketones is 2. The van der Waals surface area contributed by atoms with Crippen LogP contribution in [0.15, 0.2) is 29.0 Å². The van der Waals surface area contributed by atoms with E-state index in [0.29, 0.717) is 0 Å². The summed E-state index contributed by atoms with van der Waals surface area (Å²) in [6.45, 7) is 0. The number of likely N-dealkylation sites (N-methyl/N-ethyl adjacent to an activating group) is 1. The number of fused-ring (bicyclic) bond motifs is 3. The van der Waals surface area contributed by atoms with Crippen molar-refractivity contribution in [3.8, 4) is 5.75 Å². The molecular formula is C21H22Cl2N2O8. The van der Waals surface area contributed by atoms with Crippen LogP contribution < -0.4 is 5.73 Å². The van der Waals surface area contributed by atoms with Crippen molar-refractivity contribution in [2.75, 3.05) is 14.1 Å². The smallest absolute Gasteiger partial charge is 0.255 e. The van der Waals surface area contributed by atoms with Crippen LogP contribution in [0.5, 0.6) is 5.75 Å². The number of carbonyl (C=O) groups is 3. The fourth-order valence-electron chi connectivity index (χ4n) is 5.24. The zero-order chi connectivity index (χ0) is 23.9. The van der Waals surface area contributed by atoms with E-state index in [4.69, 9.17) is 17.3 Å². The average molecular weight is 501 g/mol. The second kappa shape index (κ2) is 8.00. The van der Waals surface area contributed by atoms with Gasteiger partial charge >= 0.3 is 0 Å². The van der Waals surface area contributed by atoms with E-state index in [1.54, 1.807) is 0 Å². The molecule has 10 nitrogen and oxygen atoms in total. The fraction of sp³-hybridized carbons (Fsp3) is 0.381. The van der Waals surface area contributed by atoms with Crippen molar-refractivity contribution in [1.82, 2.24) is 4.90 Å². The number of phenolic OH excluding ortho intramolecular Hbond substituents is 1. The summed E-state index contributed by atoms with van der Waals surface area (Å²) in [6.07, 6.45) is -1.70. The summed E-state index contributed by atoms with van der Waals surface area (Å²) in [7, 11) is 2.97. The number of aromatic hydroxyl groups is 1. The van der Waals surface area contributed by atoms with Crippen molar-refractivity contribution in [3.63, 3.8) is 0 Å². The molecule has 12 heteroatoms. The van der Waals surface area contributed by atoms with Gasteiger partial charge in [0, 0.05) is 28.0 Å². The van der Waals surface area contributed by atoms with Crippen LogP contribution in [-0.4, -0.2) is 73.6 Å². The molecule has 0 aliphatic heterocycles. The molecule has 0 radical (unpaired) electrons. The summed E-state index contributed by atoms with van der Waals surface area (Å²) in [4.78, 5) is 39.8. The van der Waals surface area contributed by atoms with Gasteiger partial charge in [-0.1, -0.05) is 11.6 Å². The first-order valence-electron chi connectivity index (χ1n) is 9.69. The second-order valence-electron chi connectivity index (χ2n) is 8.47. The molecule has 7 N–H and O–H groups in total. The molecule has 0 heterocycles. The summed E-state index contributed by atoms with van der Waals surface area (Å²) in [5.74, 6) is -8.19. The summed E-state index contributed by atoms with van der Waals surface area (Å²) >= 11 is 6.19. The molecule has 33 heavy (non-hydrogen) atoms. The molecule has 5 atom stereocenters. The third-order valence-electron chi connectivity index (χ3n) is 6.64. The van der Waals surface area contributed by atoms with Crippen molar-refractivity contribution < 1.29 is 39.9 Å². The Morgan fingerprint density at radius 2 is 1.82 bits per heavy atom. The molecule has 0 bridgehead atoms. The minimum atomic E-state index is -2.77. The lowest BCUT2D eigenvalue weighted by Crippen LogP contribution is -2.66. The number of hydrogen-bond donors (Lipinski definition) is 6. The molecule has 3 aliphatic rings. The van der Waals surface area contributed by atoms with Gasteiger partial charge in [-0.05, 0) is 32.6 Å². The SMILES string of the molecule is CN(C)C1C(=O)C(C(N)=O)=C(O)C2(O)C(=O)C3=C(O)c4c(O)ccc(Cl)c4[C@H](O)C3CC12.Cl. The minimum Gasteiger partial charge on any atom is -0.508 e. The van der Waals surface area contributed by atoms with Crippen LogP contribution in [-0.2, 0) is 14.4 Å². The number of nitrogens with two attached hydrogens (primary N) is 1. The van der Waals surface area contributed by atoms with Crippen LogP contribution in [0.2, 0.25) is 5.02 Å². The van der Waals surface area contributed by atoms with Crippen molar-refractivity contribution in [3.05, 3.63) is 45.2 Å². The normalized spacial score (nSPS) is 31.1. The highest BCUT2D eigenvalue weighted by atomic mass is 35.5. The number of benzene rings is 1. The number of halogens is 2. The van der Waals surface area contributed by atoms with E-state index in [1.807, 2.05) is 0 Å². The van der Waals surface area contributed by atoms with E-state index in [0.717, 1.165) is 0 Å². The first-order chi connectivity index (χ1) is 14.8. The Morgan fingerprint density at radius 1 is 1.21 bits per heavy atom. The number of carbonyl (C=O) groups excluding carboxylic acids is 3. The van der Waals surface area contributed by atoms with E-state index >= 15 is 0 Å². The average Bonchev–Trinajstić information content (AvgIpc) is 2.69. The van der Waals surface area contributed by atoms with Gasteiger partial charge in [-0.25, -0.2) is 0 Å². The number of aliphatic hydroxyl groups excluding tert-OH is 3. The largest absolute Gasteiger partial charge is 0.508 e. The third-order valence-corrected chi connectivity index (χ3v) is 6.97. The molecular weight excluding hydrogens is 479 g/mol. The maximum atomic E-state index is 13.6. The molecule has 4 rings (SSSR count). The molecule has 3 aliphatic carbocycles. The monoisotopic (exact) mass is 500 g/mol. The number of hydrogen-bond acceptors (Lipinski definition) is 9. The van der Waals surface area contributed by atoms with Crippen molar-refractivity contribution >= 4 is 47.2 Å². The van der Waals surface area contributed by atoms with Gasteiger partial charge < -0.3 is 31.3 Å². The predicted octanol–water partition coefficient (Wildman–Crippen LogP) is 0.530. The predicted molar refractivity (Wildman–Crippen MR) is 118 cm³/mol. The molecule has 1 amide bonds. The number of Topliss-reactive ketones (excluding diaryl/α,β-unsaturated/α-hetero) is 2. The van der Waals surface area contributed by atoms with E-state index in [2.05, 4.69) is 0 Å². The maximum Gasteiger partial charge on any atom is 0.255 e. The Hall–Kier alpha value is -2.63. The molecule has 0 spiro atoms. The Morgan fingerprint density at radius 3 is 2.36 bits per heavy atom. The Bertz CT molecular complexity index is 1160. The molecule has 1 aromatic rings. The van der Waals surface area contributed by atoms with Crippen LogP contribution >= 0.6 is 24.0 Å². The zero-order valence-corrected chi connectivity index (χ0v) is 19.0. The third kappa shape index (κ3) is 3.09. The van der Waals surface area contributed by atoms with E-state index < -0.39 is 75.5 Å². The van der Waals surface area contributed by atoms with Crippen molar-refractivity contribution in [2.24, 2.45) is 17.6 Å². The van der Waals surface area contributed by atoms with Crippen LogP contribution in [0.3, 0.4) is 0 Å². The molecule has 1 fully saturated rings. The van der Waals surface area contributed by atoms with Gasteiger partial charge in [0.1, 0.15) is 22.8 Å². The maximum absolute atomic E-state index is 13.6. The molecule has 0 saturated heterocycles. The first-order valence-corrected chi connectivity index (χ1v) is 10.1. The van der Waals surface area contributed by atoms with Gasteiger partial charge in [-0.2, -0.15) is 0 Å². The van der Waals surface area contributed by atoms with Crippen LogP contribution in [0.1, 0.15) is 23.7 Å². The number of nitrogens with zero attached hydrogens (tertiary/aromatic N) is 1. The van der Waals surface area contributed by atoms with Gasteiger partial charge in [-0.3, -0.25) is 19.3 Å². The highest BCUT2D eigenvalue weighted by Gasteiger charge is 2.65. The number of aliphatic hydroxyl groups is 4. The lowest BCUT2D eigenvalue weighted by molar-refractivity contribution is -0.155. The van der Waals surface area contributed by atoms with Crippen LogP contribution in [0, 0.1) is 11.8 Å². The molecule has 4 unspecified atom stereocenters. The van der Waals surface area contributed by atoms with Gasteiger partial charge in [0.25, 0.3) is 5.91 Å². The summed E-state index contributed by atoms with van der Waals surface area (Å²) < 4.78 is 0. The van der Waals surface area contributed by atoms with Crippen LogP contribution in [0.4, 0.5) is 0 Å². The highest BCUT2D eigenvalue weighted by molar-refractivity contribution is 6.32. The van der Waals surface area contributed by atoms with Gasteiger partial charge in [0.15, 0.2) is 11.4 Å². The summed E-state index contributed by atoms with van der Waals surface area (Å²) in [5, 5.41) is 54.4. The van der Waals surface area contributed by atoms with E-state index in [1.165, 1.54) is 31.1 Å². The lowest BCUT2D eigenvalue weighted by Gasteiger charge is -2.51. The first kappa shape index (κ1) is 25.0. The quantitative estimate of drug-likeness (QED) is 0.315. The lowest BCUT2D eigenvalue weighted by atomic mass is 9.57. The number of phenols is 1. The second-order valence-corrected chi connectivity index (χ2v) is 8.87. The summed E-state index contributed by atoms with van der Waals surface area (Å²) in [5.41, 5.74) is 0.845. The molecule has 0 aromatic heterocycles. The number of primary amides is 1. The fourth-order valence-corrected chi connectivity index (χ4v) is 5.51. The number of rotatable bonds is 2. The van der Waals surface area contributed by atoms with Crippen LogP contribution in [0.25, 0.3) is 5.76 Å².